The predicted molar refractivity (Wildman–Crippen MR) is 114 cm³/mol. The molecular formula is C23H29FN4O. The van der Waals surface area contributed by atoms with Gasteiger partial charge in [-0.3, -0.25) is 4.57 Å². The number of fused-ring (bicyclic) bond motifs is 3. The lowest BCUT2D eigenvalue weighted by Crippen LogP contribution is -2.36. The first-order valence-electron chi connectivity index (χ1n) is 10.1. The number of hydrogen-bond acceptors (Lipinski definition) is 4. The highest BCUT2D eigenvalue weighted by molar-refractivity contribution is 5.69. The first-order chi connectivity index (χ1) is 13.9. The maximum atomic E-state index is 14.0. The van der Waals surface area contributed by atoms with Crippen molar-refractivity contribution in [1.82, 2.24) is 14.8 Å². The van der Waals surface area contributed by atoms with Crippen LogP contribution >= 0.6 is 0 Å². The fourth-order valence-corrected chi connectivity index (χ4v) is 3.57. The first-order valence-corrected chi connectivity index (χ1v) is 10.1. The van der Waals surface area contributed by atoms with Crippen molar-refractivity contribution < 1.29 is 9.13 Å². The van der Waals surface area contributed by atoms with Crippen LogP contribution in [0.5, 0.6) is 0 Å². The second kappa shape index (κ2) is 8.33. The van der Waals surface area contributed by atoms with Crippen molar-refractivity contribution in [1.29, 1.82) is 0 Å². The van der Waals surface area contributed by atoms with Gasteiger partial charge in [0, 0.05) is 0 Å². The molecule has 0 saturated carbocycles. The molecule has 154 valence electrons. The van der Waals surface area contributed by atoms with Crippen LogP contribution in [-0.2, 0) is 16.9 Å². The number of nitrogens with zero attached hydrogens (tertiary/aromatic N) is 3. The van der Waals surface area contributed by atoms with Gasteiger partial charge in [-0.05, 0) is 51.0 Å². The first kappa shape index (κ1) is 21.0. The Labute approximate surface area is 171 Å². The second-order valence-corrected chi connectivity index (χ2v) is 7.52. The number of hydrogen-bond donors (Lipinski definition) is 1. The van der Waals surface area contributed by atoms with Crippen molar-refractivity contribution in [2.75, 3.05) is 5.32 Å². The molecule has 0 amide bonds. The molecule has 0 aliphatic carbocycles. The lowest BCUT2D eigenvalue weighted by atomic mass is 9.98. The monoisotopic (exact) mass is 396 g/mol. The Morgan fingerprint density at radius 3 is 2.52 bits per heavy atom. The fraction of sp³-hybridized carbons (Fsp3) is 0.391. The zero-order valence-corrected chi connectivity index (χ0v) is 18.0. The number of halogens is 1. The third-order valence-corrected chi connectivity index (χ3v) is 4.89. The van der Waals surface area contributed by atoms with E-state index in [0.717, 1.165) is 28.3 Å². The zero-order chi connectivity index (χ0) is 21.2. The van der Waals surface area contributed by atoms with Crippen LogP contribution in [0.3, 0.4) is 0 Å². The highest BCUT2D eigenvalue weighted by atomic mass is 19.1. The van der Waals surface area contributed by atoms with E-state index in [1.807, 2.05) is 76.4 Å². The van der Waals surface area contributed by atoms with E-state index in [9.17, 15) is 4.39 Å². The number of aromatic nitrogens is 3. The van der Waals surface area contributed by atoms with Crippen molar-refractivity contribution in [2.45, 2.75) is 59.8 Å². The summed E-state index contributed by atoms with van der Waals surface area (Å²) < 4.78 is 22.0. The molecule has 5 nitrogen and oxygen atoms in total. The molecule has 4 rings (SSSR count). The summed E-state index contributed by atoms with van der Waals surface area (Å²) in [5, 5.41) is 12.2. The SMILES string of the molecule is CC.Cc1cc(F)cc2c1-n1c(C(C)OCc3ccccc3)nnc1C(C)(C)N2. The highest BCUT2D eigenvalue weighted by Crippen LogP contribution is 2.40. The Balaban J connectivity index is 0.00000117. The van der Waals surface area contributed by atoms with E-state index in [0.29, 0.717) is 12.4 Å². The minimum Gasteiger partial charge on any atom is -0.371 e. The van der Waals surface area contributed by atoms with Crippen LogP contribution in [0.15, 0.2) is 42.5 Å². The van der Waals surface area contributed by atoms with E-state index in [1.54, 1.807) is 0 Å². The summed E-state index contributed by atoms with van der Waals surface area (Å²) in [6.45, 7) is 12.4. The van der Waals surface area contributed by atoms with Crippen LogP contribution in [0, 0.1) is 12.7 Å². The van der Waals surface area contributed by atoms with E-state index in [1.165, 1.54) is 12.1 Å². The molecule has 29 heavy (non-hydrogen) atoms. The van der Waals surface area contributed by atoms with Crippen LogP contribution in [0.2, 0.25) is 0 Å². The van der Waals surface area contributed by atoms with Gasteiger partial charge in [-0.15, -0.1) is 10.2 Å². The highest BCUT2D eigenvalue weighted by Gasteiger charge is 2.36. The lowest BCUT2D eigenvalue weighted by molar-refractivity contribution is 0.0454. The summed E-state index contributed by atoms with van der Waals surface area (Å²) in [7, 11) is 0. The van der Waals surface area contributed by atoms with Gasteiger partial charge in [-0.25, -0.2) is 4.39 Å². The standard InChI is InChI=1S/C21H23FN4O.C2H6/c1-13-10-16(22)11-17-18(13)26-19(24-25-20(26)21(3,4)23-17)14(2)27-12-15-8-6-5-7-9-15;1-2/h5-11,14,23H,12H2,1-4H3;1-2H3. The number of anilines is 1. The number of ether oxygens (including phenoxy) is 1. The van der Waals surface area contributed by atoms with Gasteiger partial charge in [-0.2, -0.15) is 0 Å². The summed E-state index contributed by atoms with van der Waals surface area (Å²) in [5.41, 5.74) is 3.06. The molecule has 0 fully saturated rings. The smallest absolute Gasteiger partial charge is 0.166 e. The average molecular weight is 397 g/mol. The molecular weight excluding hydrogens is 367 g/mol. The molecule has 6 heteroatoms. The van der Waals surface area contributed by atoms with Crippen LogP contribution in [0.1, 0.15) is 63.5 Å². The van der Waals surface area contributed by atoms with Gasteiger partial charge in [-0.1, -0.05) is 44.2 Å². The number of aryl methyl sites for hydroxylation is 1. The van der Waals surface area contributed by atoms with Gasteiger partial charge in [0.15, 0.2) is 11.6 Å². The topological polar surface area (TPSA) is 52.0 Å². The molecule has 0 bridgehead atoms. The van der Waals surface area contributed by atoms with Crippen molar-refractivity contribution in [3.05, 3.63) is 71.1 Å². The predicted octanol–water partition coefficient (Wildman–Crippen LogP) is 5.68. The van der Waals surface area contributed by atoms with Gasteiger partial charge in [0.1, 0.15) is 11.9 Å². The number of rotatable bonds is 4. The molecule has 3 aromatic rings. The maximum Gasteiger partial charge on any atom is 0.166 e. The molecule has 0 saturated heterocycles. The molecule has 0 spiro atoms. The summed E-state index contributed by atoms with van der Waals surface area (Å²) in [6, 6.07) is 13.1. The van der Waals surface area contributed by atoms with Gasteiger partial charge in [0.05, 0.1) is 23.5 Å². The fourth-order valence-electron chi connectivity index (χ4n) is 3.57. The third kappa shape index (κ3) is 4.03. The Hall–Kier alpha value is -2.73. The largest absolute Gasteiger partial charge is 0.371 e. The molecule has 0 radical (unpaired) electrons. The van der Waals surface area contributed by atoms with E-state index >= 15 is 0 Å². The van der Waals surface area contributed by atoms with Crippen molar-refractivity contribution >= 4 is 5.69 Å². The normalized spacial score (nSPS) is 14.7. The lowest BCUT2D eigenvalue weighted by Gasteiger charge is -2.35. The van der Waals surface area contributed by atoms with E-state index in [-0.39, 0.29) is 11.9 Å². The molecule has 1 aromatic heterocycles. The Morgan fingerprint density at radius 2 is 1.83 bits per heavy atom. The van der Waals surface area contributed by atoms with Gasteiger partial charge < -0.3 is 10.1 Å². The Bertz CT molecular complexity index is 982. The van der Waals surface area contributed by atoms with Crippen LogP contribution in [0.4, 0.5) is 10.1 Å². The molecule has 1 N–H and O–H groups in total. The van der Waals surface area contributed by atoms with Gasteiger partial charge in [0.25, 0.3) is 0 Å². The van der Waals surface area contributed by atoms with E-state index in [4.69, 9.17) is 4.74 Å². The molecule has 2 aromatic carbocycles. The maximum absolute atomic E-state index is 14.0. The summed E-state index contributed by atoms with van der Waals surface area (Å²) in [6.07, 6.45) is -0.266. The zero-order valence-electron chi connectivity index (χ0n) is 18.0. The molecule has 1 atom stereocenters. The van der Waals surface area contributed by atoms with Crippen LogP contribution < -0.4 is 5.32 Å². The van der Waals surface area contributed by atoms with Crippen molar-refractivity contribution in [3.63, 3.8) is 0 Å². The van der Waals surface area contributed by atoms with E-state index < -0.39 is 5.54 Å². The molecule has 1 unspecified atom stereocenters. The molecule has 1 aliphatic rings. The minimum atomic E-state index is -0.475. The Morgan fingerprint density at radius 1 is 1.14 bits per heavy atom. The van der Waals surface area contributed by atoms with Crippen LogP contribution in [0.25, 0.3) is 5.69 Å². The Kier molecular flexibility index (Phi) is 6.03. The summed E-state index contributed by atoms with van der Waals surface area (Å²) in [4.78, 5) is 0. The van der Waals surface area contributed by atoms with E-state index in [2.05, 4.69) is 15.5 Å². The molecule has 2 heterocycles. The number of benzene rings is 2. The quantitative estimate of drug-likeness (QED) is 0.616. The minimum absolute atomic E-state index is 0.263. The van der Waals surface area contributed by atoms with Crippen molar-refractivity contribution in [3.8, 4) is 5.69 Å². The average Bonchev–Trinajstić information content (AvgIpc) is 3.14. The van der Waals surface area contributed by atoms with Gasteiger partial charge in [0.2, 0.25) is 0 Å². The summed E-state index contributed by atoms with van der Waals surface area (Å²) >= 11 is 0. The van der Waals surface area contributed by atoms with Crippen LogP contribution in [-0.4, -0.2) is 14.8 Å². The molecule has 1 aliphatic heterocycles. The van der Waals surface area contributed by atoms with Gasteiger partial charge >= 0.3 is 0 Å². The number of nitrogens with one attached hydrogen (secondary N) is 1. The summed E-state index contributed by atoms with van der Waals surface area (Å²) in [5.74, 6) is 1.24. The second-order valence-electron chi connectivity index (χ2n) is 7.52. The van der Waals surface area contributed by atoms with Crippen molar-refractivity contribution in [2.24, 2.45) is 0 Å². The third-order valence-electron chi connectivity index (χ3n) is 4.89.